The van der Waals surface area contributed by atoms with Crippen molar-refractivity contribution in [1.82, 2.24) is 30.3 Å². The Bertz CT molecular complexity index is 831. The second-order valence-corrected chi connectivity index (χ2v) is 6.36. The molecule has 0 bridgehead atoms. The van der Waals surface area contributed by atoms with Gasteiger partial charge in [-0.3, -0.25) is 18.9 Å². The summed E-state index contributed by atoms with van der Waals surface area (Å²) in [5.41, 5.74) is 5.53. The van der Waals surface area contributed by atoms with E-state index in [0.717, 1.165) is 37.3 Å². The van der Waals surface area contributed by atoms with Crippen molar-refractivity contribution in [3.8, 4) is 5.88 Å². The SMILES string of the molecule is CF.COc1ccc(N2NC(C(=O)N3CCCC3)C=C2c2cn(C)nn2)cn1. The minimum atomic E-state index is -0.438. The molecule has 1 fully saturated rings. The fraction of sp³-hybridized carbons (Fsp3) is 0.444. The Morgan fingerprint density at radius 2 is 2.04 bits per heavy atom. The molecule has 1 N–H and O–H groups in total. The van der Waals surface area contributed by atoms with Gasteiger partial charge in [0.2, 0.25) is 11.8 Å². The monoisotopic (exact) mass is 389 g/mol. The first-order chi connectivity index (χ1) is 13.7. The number of carbonyl (C=O) groups is 1. The fourth-order valence-corrected chi connectivity index (χ4v) is 3.24. The molecule has 1 unspecified atom stereocenters. The molecule has 2 aliphatic rings. The molecule has 150 valence electrons. The summed E-state index contributed by atoms with van der Waals surface area (Å²) in [6.45, 7) is 1.63. The molecule has 2 aromatic rings. The number of aromatic nitrogens is 4. The van der Waals surface area contributed by atoms with Gasteiger partial charge in [-0.15, -0.1) is 5.10 Å². The summed E-state index contributed by atoms with van der Waals surface area (Å²) >= 11 is 0. The van der Waals surface area contributed by atoms with Crippen LogP contribution in [0.5, 0.6) is 5.88 Å². The minimum Gasteiger partial charge on any atom is -0.481 e. The number of nitrogens with zero attached hydrogens (tertiary/aromatic N) is 6. The number of methoxy groups -OCH3 is 1. The van der Waals surface area contributed by atoms with Gasteiger partial charge in [-0.05, 0) is 25.0 Å². The average molecular weight is 389 g/mol. The molecule has 2 aliphatic heterocycles. The molecule has 1 saturated heterocycles. The summed E-state index contributed by atoms with van der Waals surface area (Å²) in [6, 6.07) is 3.22. The molecule has 28 heavy (non-hydrogen) atoms. The van der Waals surface area contributed by atoms with Crippen LogP contribution in [-0.2, 0) is 11.8 Å². The predicted octanol–water partition coefficient (Wildman–Crippen LogP) is 1.16. The summed E-state index contributed by atoms with van der Waals surface area (Å²) in [6.07, 6.45) is 7.53. The Morgan fingerprint density at radius 1 is 1.29 bits per heavy atom. The van der Waals surface area contributed by atoms with E-state index in [-0.39, 0.29) is 5.91 Å². The van der Waals surface area contributed by atoms with Crippen molar-refractivity contribution in [2.75, 3.05) is 32.4 Å². The van der Waals surface area contributed by atoms with Gasteiger partial charge in [0.15, 0.2) is 0 Å². The van der Waals surface area contributed by atoms with Crippen LogP contribution in [0, 0.1) is 0 Å². The number of anilines is 1. The van der Waals surface area contributed by atoms with Crippen LogP contribution in [0.3, 0.4) is 0 Å². The van der Waals surface area contributed by atoms with Crippen LogP contribution in [0.25, 0.3) is 5.70 Å². The number of hydrogen-bond donors (Lipinski definition) is 1. The second kappa shape index (κ2) is 8.79. The number of rotatable bonds is 4. The highest BCUT2D eigenvalue weighted by atomic mass is 19.1. The number of nitrogens with one attached hydrogen (secondary N) is 1. The summed E-state index contributed by atoms with van der Waals surface area (Å²) in [5.74, 6) is 0.607. The summed E-state index contributed by atoms with van der Waals surface area (Å²) < 4.78 is 16.3. The third-order valence-electron chi connectivity index (χ3n) is 4.57. The van der Waals surface area contributed by atoms with E-state index >= 15 is 0 Å². The van der Waals surface area contributed by atoms with Crippen molar-refractivity contribution >= 4 is 17.3 Å². The Labute approximate surface area is 162 Å². The largest absolute Gasteiger partial charge is 0.481 e. The highest BCUT2D eigenvalue weighted by Gasteiger charge is 2.34. The van der Waals surface area contributed by atoms with E-state index in [1.165, 1.54) is 0 Å². The first-order valence-electron chi connectivity index (χ1n) is 8.97. The minimum absolute atomic E-state index is 0.0767. The van der Waals surface area contributed by atoms with Gasteiger partial charge >= 0.3 is 0 Å². The number of amides is 1. The molecular weight excluding hydrogens is 365 g/mol. The number of hydrogen-bond acceptors (Lipinski definition) is 7. The van der Waals surface area contributed by atoms with E-state index in [4.69, 9.17) is 4.74 Å². The highest BCUT2D eigenvalue weighted by Crippen LogP contribution is 2.29. The molecule has 9 nitrogen and oxygen atoms in total. The molecule has 10 heteroatoms. The number of aryl methyl sites for hydroxylation is 1. The maximum Gasteiger partial charge on any atom is 0.245 e. The summed E-state index contributed by atoms with van der Waals surface area (Å²) in [5, 5.41) is 10.0. The number of ether oxygens (including phenoxy) is 1. The van der Waals surface area contributed by atoms with Gasteiger partial charge in [-0.25, -0.2) is 10.4 Å². The van der Waals surface area contributed by atoms with E-state index in [0.29, 0.717) is 18.8 Å². The molecule has 2 aromatic heterocycles. The molecule has 0 saturated carbocycles. The number of halogens is 1. The Hall–Kier alpha value is -3.01. The lowest BCUT2D eigenvalue weighted by Crippen LogP contribution is -2.46. The lowest BCUT2D eigenvalue weighted by Gasteiger charge is -2.24. The molecular formula is C18H24FN7O2. The van der Waals surface area contributed by atoms with Crippen molar-refractivity contribution in [2.24, 2.45) is 7.05 Å². The normalized spacial score (nSPS) is 18.6. The molecule has 4 rings (SSSR count). The Morgan fingerprint density at radius 3 is 2.61 bits per heavy atom. The van der Waals surface area contributed by atoms with Gasteiger partial charge in [0.05, 0.1) is 38.1 Å². The van der Waals surface area contributed by atoms with E-state index < -0.39 is 6.04 Å². The van der Waals surface area contributed by atoms with Gasteiger partial charge in [-0.1, -0.05) is 5.21 Å². The van der Waals surface area contributed by atoms with Crippen LogP contribution in [0.1, 0.15) is 18.5 Å². The maximum atomic E-state index is 12.8. The summed E-state index contributed by atoms with van der Waals surface area (Å²) in [7, 11) is 3.89. The van der Waals surface area contributed by atoms with E-state index in [2.05, 4.69) is 20.7 Å². The molecule has 0 spiro atoms. The number of pyridine rings is 1. The molecule has 0 radical (unpaired) electrons. The number of alkyl halides is 1. The lowest BCUT2D eigenvalue weighted by atomic mass is 10.2. The standard InChI is InChI=1S/C17H21N7O2.CH3F/c1-22-11-14(19-21-22)15-9-13(17(25)23-7-3-4-8-23)20-24(15)12-5-6-16(26-2)18-10-12;1-2/h5-6,9-11,13,20H,3-4,7-8H2,1-2H3;1H3. The highest BCUT2D eigenvalue weighted by molar-refractivity contribution is 5.91. The third-order valence-corrected chi connectivity index (χ3v) is 4.57. The van der Waals surface area contributed by atoms with Crippen LogP contribution in [-0.4, -0.2) is 64.2 Å². The Balaban J connectivity index is 0.00000109. The van der Waals surface area contributed by atoms with Crippen molar-refractivity contribution in [2.45, 2.75) is 18.9 Å². The van der Waals surface area contributed by atoms with Gasteiger partial charge in [-0.2, -0.15) is 0 Å². The molecule has 0 aliphatic carbocycles. The second-order valence-electron chi connectivity index (χ2n) is 6.36. The molecule has 1 atom stereocenters. The first kappa shape index (κ1) is 19.7. The van der Waals surface area contributed by atoms with E-state index in [1.54, 1.807) is 24.1 Å². The van der Waals surface area contributed by atoms with Gasteiger partial charge in [0.25, 0.3) is 0 Å². The van der Waals surface area contributed by atoms with E-state index in [1.807, 2.05) is 35.3 Å². The van der Waals surface area contributed by atoms with Crippen LogP contribution < -0.4 is 15.2 Å². The van der Waals surface area contributed by atoms with Crippen molar-refractivity contribution < 1.29 is 13.9 Å². The lowest BCUT2D eigenvalue weighted by molar-refractivity contribution is -0.131. The quantitative estimate of drug-likeness (QED) is 0.839. The Kier molecular flexibility index (Phi) is 6.19. The fourth-order valence-electron chi connectivity index (χ4n) is 3.24. The van der Waals surface area contributed by atoms with Crippen molar-refractivity contribution in [1.29, 1.82) is 0 Å². The van der Waals surface area contributed by atoms with Crippen LogP contribution in [0.2, 0.25) is 0 Å². The third kappa shape index (κ3) is 3.96. The van der Waals surface area contributed by atoms with Gasteiger partial charge < -0.3 is 9.64 Å². The molecule has 0 aromatic carbocycles. The number of carbonyl (C=O) groups excluding carboxylic acids is 1. The number of likely N-dealkylation sites (tertiary alicyclic amines) is 1. The first-order valence-corrected chi connectivity index (χ1v) is 8.97. The molecule has 1 amide bonds. The zero-order chi connectivity index (χ0) is 20.1. The number of hydrazine groups is 1. The van der Waals surface area contributed by atoms with Crippen molar-refractivity contribution in [3.63, 3.8) is 0 Å². The average Bonchev–Trinajstić information content (AvgIpc) is 3.49. The summed E-state index contributed by atoms with van der Waals surface area (Å²) in [4.78, 5) is 19.0. The van der Waals surface area contributed by atoms with Crippen LogP contribution in [0.4, 0.5) is 10.1 Å². The van der Waals surface area contributed by atoms with Crippen LogP contribution in [0.15, 0.2) is 30.6 Å². The molecule has 4 heterocycles. The zero-order valence-electron chi connectivity index (χ0n) is 16.2. The van der Waals surface area contributed by atoms with Gasteiger partial charge in [0.1, 0.15) is 11.7 Å². The maximum absolute atomic E-state index is 12.8. The van der Waals surface area contributed by atoms with Crippen molar-refractivity contribution in [3.05, 3.63) is 36.3 Å². The van der Waals surface area contributed by atoms with Crippen LogP contribution >= 0.6 is 0 Å². The topological polar surface area (TPSA) is 88.4 Å². The predicted molar refractivity (Wildman–Crippen MR) is 102 cm³/mol. The zero-order valence-corrected chi connectivity index (χ0v) is 16.2. The van der Waals surface area contributed by atoms with E-state index in [9.17, 15) is 9.18 Å². The van der Waals surface area contributed by atoms with Gasteiger partial charge in [0, 0.05) is 26.2 Å². The smallest absolute Gasteiger partial charge is 0.245 e.